The van der Waals surface area contributed by atoms with Gasteiger partial charge in [0.2, 0.25) is 5.91 Å². The second-order valence-corrected chi connectivity index (χ2v) is 7.07. The van der Waals surface area contributed by atoms with Crippen molar-refractivity contribution in [1.29, 1.82) is 5.26 Å². The van der Waals surface area contributed by atoms with Crippen LogP contribution >= 0.6 is 0 Å². The first-order chi connectivity index (χ1) is 14.1. The molecule has 2 aromatic rings. The van der Waals surface area contributed by atoms with Gasteiger partial charge in [-0.25, -0.2) is 0 Å². The fraction of sp³-hybridized carbons (Fsp3) is 0.391. The van der Waals surface area contributed by atoms with Gasteiger partial charge < -0.3 is 14.4 Å². The molecular formula is C23H27N3O3. The van der Waals surface area contributed by atoms with E-state index in [0.29, 0.717) is 39.0 Å². The molecule has 6 nitrogen and oxygen atoms in total. The molecule has 1 saturated heterocycles. The van der Waals surface area contributed by atoms with Crippen LogP contribution in [0, 0.1) is 11.3 Å². The highest BCUT2D eigenvalue weighted by atomic mass is 16.5. The van der Waals surface area contributed by atoms with Gasteiger partial charge >= 0.3 is 0 Å². The van der Waals surface area contributed by atoms with E-state index in [9.17, 15) is 10.1 Å². The van der Waals surface area contributed by atoms with Gasteiger partial charge in [0.05, 0.1) is 20.3 Å². The van der Waals surface area contributed by atoms with E-state index >= 15 is 0 Å². The number of carbonyl (C=O) groups excluding carboxylic acids is 1. The lowest BCUT2D eigenvalue weighted by molar-refractivity contribution is -0.133. The highest BCUT2D eigenvalue weighted by Gasteiger charge is 2.27. The Labute approximate surface area is 172 Å². The van der Waals surface area contributed by atoms with Gasteiger partial charge in [0, 0.05) is 32.6 Å². The number of hydrogen-bond acceptors (Lipinski definition) is 5. The van der Waals surface area contributed by atoms with Crippen LogP contribution in [0.5, 0.6) is 11.5 Å². The molecule has 6 heteroatoms. The van der Waals surface area contributed by atoms with Gasteiger partial charge in [-0.2, -0.15) is 5.26 Å². The molecule has 0 aliphatic carbocycles. The average Bonchev–Trinajstić information content (AvgIpc) is 2.79. The first kappa shape index (κ1) is 20.7. The van der Waals surface area contributed by atoms with E-state index in [1.54, 1.807) is 14.2 Å². The van der Waals surface area contributed by atoms with Crippen molar-refractivity contribution in [3.8, 4) is 17.6 Å². The molecule has 0 saturated carbocycles. The maximum absolute atomic E-state index is 12.6. The molecule has 0 radical (unpaired) electrons. The van der Waals surface area contributed by atoms with Gasteiger partial charge in [0.1, 0.15) is 17.5 Å². The molecule has 152 valence electrons. The van der Waals surface area contributed by atoms with Gasteiger partial charge in [0.25, 0.3) is 0 Å². The lowest BCUT2D eigenvalue weighted by atomic mass is 10.0. The molecule has 0 bridgehead atoms. The number of aryl methyl sites for hydroxylation is 1. The highest BCUT2D eigenvalue weighted by Crippen LogP contribution is 2.25. The van der Waals surface area contributed by atoms with Gasteiger partial charge in [-0.1, -0.05) is 24.3 Å². The summed E-state index contributed by atoms with van der Waals surface area (Å²) in [6.45, 7) is 2.65. The molecule has 1 aliphatic heterocycles. The quantitative estimate of drug-likeness (QED) is 0.723. The third-order valence-electron chi connectivity index (χ3n) is 5.35. The van der Waals surface area contributed by atoms with E-state index in [0.717, 1.165) is 22.6 Å². The Morgan fingerprint density at radius 3 is 2.34 bits per heavy atom. The monoisotopic (exact) mass is 393 g/mol. The van der Waals surface area contributed by atoms with Gasteiger partial charge in [-0.15, -0.1) is 0 Å². The van der Waals surface area contributed by atoms with Crippen LogP contribution in [-0.4, -0.2) is 56.1 Å². The smallest absolute Gasteiger partial charge is 0.222 e. The summed E-state index contributed by atoms with van der Waals surface area (Å²) in [5, 5.41) is 9.70. The number of carbonyl (C=O) groups is 1. The molecule has 1 heterocycles. The minimum atomic E-state index is -0.332. The summed E-state index contributed by atoms with van der Waals surface area (Å²) < 4.78 is 10.4. The maximum Gasteiger partial charge on any atom is 0.222 e. The fourth-order valence-electron chi connectivity index (χ4n) is 3.61. The lowest BCUT2D eigenvalue weighted by Gasteiger charge is -2.37. The highest BCUT2D eigenvalue weighted by molar-refractivity contribution is 5.76. The summed E-state index contributed by atoms with van der Waals surface area (Å²) in [7, 11) is 3.26. The summed E-state index contributed by atoms with van der Waals surface area (Å²) in [5.41, 5.74) is 2.05. The Morgan fingerprint density at radius 1 is 1.03 bits per heavy atom. The second-order valence-electron chi connectivity index (χ2n) is 7.07. The third kappa shape index (κ3) is 5.27. The molecule has 1 atom stereocenters. The number of nitrogens with zero attached hydrogens (tertiary/aromatic N) is 3. The van der Waals surface area contributed by atoms with Crippen molar-refractivity contribution in [3.05, 3.63) is 59.7 Å². The summed E-state index contributed by atoms with van der Waals surface area (Å²) in [5.74, 6) is 1.73. The van der Waals surface area contributed by atoms with Crippen molar-refractivity contribution in [3.63, 3.8) is 0 Å². The van der Waals surface area contributed by atoms with Gasteiger partial charge in [-0.05, 0) is 41.8 Å². The molecule has 0 spiro atoms. The minimum absolute atomic E-state index is 0.162. The summed E-state index contributed by atoms with van der Waals surface area (Å²) >= 11 is 0. The number of amides is 1. The summed E-state index contributed by atoms with van der Waals surface area (Å²) in [6.07, 6.45) is 1.21. The van der Waals surface area contributed by atoms with Crippen LogP contribution in [0.15, 0.2) is 48.5 Å². The molecule has 1 fully saturated rings. The number of ether oxygens (including phenoxy) is 2. The van der Waals surface area contributed by atoms with Gasteiger partial charge in [-0.3, -0.25) is 9.69 Å². The lowest BCUT2D eigenvalue weighted by Crippen LogP contribution is -2.49. The van der Waals surface area contributed by atoms with E-state index in [4.69, 9.17) is 9.47 Å². The van der Waals surface area contributed by atoms with Crippen LogP contribution in [-0.2, 0) is 11.2 Å². The minimum Gasteiger partial charge on any atom is -0.497 e. The Balaban J connectivity index is 1.52. The molecular weight excluding hydrogens is 366 g/mol. The fourth-order valence-corrected chi connectivity index (χ4v) is 3.61. The first-order valence-electron chi connectivity index (χ1n) is 9.83. The zero-order chi connectivity index (χ0) is 20.6. The Kier molecular flexibility index (Phi) is 7.09. The Bertz CT molecular complexity index is 852. The third-order valence-corrected chi connectivity index (χ3v) is 5.35. The Morgan fingerprint density at radius 2 is 1.72 bits per heavy atom. The van der Waals surface area contributed by atoms with Crippen molar-refractivity contribution >= 4 is 5.91 Å². The van der Waals surface area contributed by atoms with Crippen molar-refractivity contribution < 1.29 is 14.3 Å². The SMILES string of the molecule is COc1ccc(CCC(=O)N2CCN(C(C#N)c3cccc(OC)c3)CC2)cc1. The van der Waals surface area contributed by atoms with Crippen LogP contribution in [0.3, 0.4) is 0 Å². The summed E-state index contributed by atoms with van der Waals surface area (Å²) in [4.78, 5) is 16.6. The number of rotatable bonds is 7. The standard InChI is InChI=1S/C23H27N3O3/c1-28-20-9-6-18(7-10-20)8-11-23(27)26-14-12-25(13-15-26)22(17-24)19-4-3-5-21(16-19)29-2/h3-7,9-10,16,22H,8,11-15H2,1-2H3. The zero-order valence-electron chi connectivity index (χ0n) is 17.0. The Hall–Kier alpha value is -3.04. The van der Waals surface area contributed by atoms with Gasteiger partial charge in [0.15, 0.2) is 0 Å². The molecule has 1 amide bonds. The molecule has 0 aromatic heterocycles. The van der Waals surface area contributed by atoms with Crippen molar-refractivity contribution in [2.24, 2.45) is 0 Å². The number of nitriles is 1. The second kappa shape index (κ2) is 9.94. The van der Waals surface area contributed by atoms with Crippen LogP contribution in [0.25, 0.3) is 0 Å². The van der Waals surface area contributed by atoms with E-state index < -0.39 is 0 Å². The van der Waals surface area contributed by atoms with Crippen LogP contribution < -0.4 is 9.47 Å². The first-order valence-corrected chi connectivity index (χ1v) is 9.83. The molecule has 2 aromatic carbocycles. The van der Waals surface area contributed by atoms with Crippen molar-refractivity contribution in [1.82, 2.24) is 9.80 Å². The normalized spacial score (nSPS) is 15.4. The molecule has 1 unspecified atom stereocenters. The number of piperazine rings is 1. The molecule has 1 aliphatic rings. The summed E-state index contributed by atoms with van der Waals surface area (Å²) in [6, 6.07) is 17.5. The number of hydrogen-bond donors (Lipinski definition) is 0. The van der Waals surface area contributed by atoms with E-state index in [1.165, 1.54) is 0 Å². The van der Waals surface area contributed by atoms with E-state index in [-0.39, 0.29) is 11.9 Å². The maximum atomic E-state index is 12.6. The van der Waals surface area contributed by atoms with E-state index in [2.05, 4.69) is 11.0 Å². The predicted octanol–water partition coefficient (Wildman–Crippen LogP) is 3.05. The number of methoxy groups -OCH3 is 2. The topological polar surface area (TPSA) is 65.8 Å². The predicted molar refractivity (Wildman–Crippen MR) is 111 cm³/mol. The molecule has 0 N–H and O–H groups in total. The average molecular weight is 393 g/mol. The largest absolute Gasteiger partial charge is 0.497 e. The molecule has 29 heavy (non-hydrogen) atoms. The number of benzene rings is 2. The molecule has 3 rings (SSSR count). The van der Waals surface area contributed by atoms with Crippen LogP contribution in [0.2, 0.25) is 0 Å². The van der Waals surface area contributed by atoms with Crippen molar-refractivity contribution in [2.45, 2.75) is 18.9 Å². The van der Waals surface area contributed by atoms with Crippen LogP contribution in [0.4, 0.5) is 0 Å². The van der Waals surface area contributed by atoms with E-state index in [1.807, 2.05) is 53.4 Å². The zero-order valence-corrected chi connectivity index (χ0v) is 17.0. The van der Waals surface area contributed by atoms with Crippen LogP contribution in [0.1, 0.15) is 23.6 Å². The van der Waals surface area contributed by atoms with Crippen molar-refractivity contribution in [2.75, 3.05) is 40.4 Å².